The minimum atomic E-state index is -3.58. The van der Waals surface area contributed by atoms with Crippen LogP contribution in [0.2, 0.25) is 0 Å². The summed E-state index contributed by atoms with van der Waals surface area (Å²) in [6.07, 6.45) is 0. The molecule has 21 heavy (non-hydrogen) atoms. The first-order valence-corrected chi connectivity index (χ1v) is 8.59. The first kappa shape index (κ1) is 16.0. The molecule has 112 valence electrons. The van der Waals surface area contributed by atoms with Gasteiger partial charge in [-0.15, -0.1) is 0 Å². The number of nitrogens with one attached hydrogen (secondary N) is 1. The largest absolute Gasteiger partial charge is 0.496 e. The van der Waals surface area contributed by atoms with E-state index in [2.05, 4.69) is 20.7 Å². The number of rotatable bonds is 5. The second kappa shape index (κ2) is 6.60. The molecule has 0 spiro atoms. The summed E-state index contributed by atoms with van der Waals surface area (Å²) in [5.41, 5.74) is 1.78. The highest BCUT2D eigenvalue weighted by atomic mass is 79.9. The van der Waals surface area contributed by atoms with Gasteiger partial charge in [0.25, 0.3) is 0 Å². The van der Waals surface area contributed by atoms with Crippen LogP contribution in [-0.2, 0) is 16.6 Å². The number of methoxy groups -OCH3 is 1. The summed E-state index contributed by atoms with van der Waals surface area (Å²) < 4.78 is 33.1. The molecule has 4 nitrogen and oxygen atoms in total. The van der Waals surface area contributed by atoms with Crippen molar-refractivity contribution in [3.8, 4) is 5.75 Å². The molecule has 0 aliphatic rings. The quantitative estimate of drug-likeness (QED) is 0.879. The fourth-order valence-corrected chi connectivity index (χ4v) is 4.12. The Morgan fingerprint density at radius 1 is 1.19 bits per heavy atom. The van der Waals surface area contributed by atoms with E-state index in [4.69, 9.17) is 4.74 Å². The van der Waals surface area contributed by atoms with Gasteiger partial charge >= 0.3 is 0 Å². The second-order valence-corrected chi connectivity index (χ2v) is 7.16. The van der Waals surface area contributed by atoms with Crippen molar-refractivity contribution in [2.24, 2.45) is 0 Å². The van der Waals surface area contributed by atoms with Crippen molar-refractivity contribution in [3.63, 3.8) is 0 Å². The molecule has 6 heteroatoms. The molecule has 0 bridgehead atoms. The molecule has 0 saturated heterocycles. The Labute approximate surface area is 133 Å². The number of benzene rings is 2. The van der Waals surface area contributed by atoms with Crippen LogP contribution < -0.4 is 9.46 Å². The van der Waals surface area contributed by atoms with Gasteiger partial charge in [-0.3, -0.25) is 0 Å². The Kier molecular flexibility index (Phi) is 5.03. The monoisotopic (exact) mass is 369 g/mol. The fourth-order valence-electron chi connectivity index (χ4n) is 1.92. The number of ether oxygens (including phenoxy) is 1. The molecule has 0 aromatic heterocycles. The molecule has 0 fully saturated rings. The lowest BCUT2D eigenvalue weighted by molar-refractivity contribution is 0.409. The van der Waals surface area contributed by atoms with E-state index in [1.807, 2.05) is 25.1 Å². The van der Waals surface area contributed by atoms with Gasteiger partial charge in [-0.1, -0.05) is 24.3 Å². The summed E-state index contributed by atoms with van der Waals surface area (Å²) in [5, 5.41) is 0. The van der Waals surface area contributed by atoms with Gasteiger partial charge < -0.3 is 4.74 Å². The fraction of sp³-hybridized carbons (Fsp3) is 0.200. The van der Waals surface area contributed by atoms with Crippen molar-refractivity contribution in [3.05, 3.63) is 58.1 Å². The zero-order chi connectivity index (χ0) is 15.5. The topological polar surface area (TPSA) is 55.4 Å². The maximum absolute atomic E-state index is 12.4. The lowest BCUT2D eigenvalue weighted by Crippen LogP contribution is -2.23. The molecule has 0 unspecified atom stereocenters. The van der Waals surface area contributed by atoms with Crippen LogP contribution in [0.15, 0.2) is 51.8 Å². The van der Waals surface area contributed by atoms with Crippen LogP contribution in [-0.4, -0.2) is 15.5 Å². The SMILES string of the molecule is COc1ccccc1CNS(=O)(=O)c1ccc(C)cc1Br. The first-order chi connectivity index (χ1) is 9.94. The molecule has 0 amide bonds. The van der Waals surface area contributed by atoms with E-state index in [0.29, 0.717) is 10.2 Å². The van der Waals surface area contributed by atoms with Gasteiger partial charge in [0.15, 0.2) is 0 Å². The van der Waals surface area contributed by atoms with Crippen LogP contribution in [0, 0.1) is 6.92 Å². The van der Waals surface area contributed by atoms with E-state index in [0.717, 1.165) is 11.1 Å². The molecular formula is C15H16BrNO3S. The van der Waals surface area contributed by atoms with E-state index >= 15 is 0 Å². The molecule has 0 saturated carbocycles. The lowest BCUT2D eigenvalue weighted by atomic mass is 10.2. The summed E-state index contributed by atoms with van der Waals surface area (Å²) in [5.74, 6) is 0.656. The average molecular weight is 370 g/mol. The number of halogens is 1. The van der Waals surface area contributed by atoms with Crippen LogP contribution in [0.5, 0.6) is 5.75 Å². The third kappa shape index (κ3) is 3.84. The molecule has 2 aromatic rings. The Morgan fingerprint density at radius 3 is 2.57 bits per heavy atom. The smallest absolute Gasteiger partial charge is 0.241 e. The van der Waals surface area contributed by atoms with Crippen molar-refractivity contribution in [2.45, 2.75) is 18.4 Å². The summed E-state index contributed by atoms with van der Waals surface area (Å²) >= 11 is 3.29. The van der Waals surface area contributed by atoms with Gasteiger partial charge in [0.1, 0.15) is 5.75 Å². The predicted molar refractivity (Wildman–Crippen MR) is 85.9 cm³/mol. The first-order valence-electron chi connectivity index (χ1n) is 6.32. The van der Waals surface area contributed by atoms with Crippen LogP contribution in [0.25, 0.3) is 0 Å². The Hall–Kier alpha value is -1.37. The number of para-hydroxylation sites is 1. The van der Waals surface area contributed by atoms with E-state index in [1.165, 1.54) is 0 Å². The third-order valence-corrected chi connectivity index (χ3v) is 5.40. The van der Waals surface area contributed by atoms with Gasteiger partial charge in [0, 0.05) is 16.6 Å². The zero-order valence-corrected chi connectivity index (χ0v) is 14.2. The second-order valence-electron chi connectivity index (χ2n) is 4.57. The minimum Gasteiger partial charge on any atom is -0.496 e. The van der Waals surface area contributed by atoms with E-state index in [9.17, 15) is 8.42 Å². The minimum absolute atomic E-state index is 0.173. The van der Waals surface area contributed by atoms with Gasteiger partial charge in [0.2, 0.25) is 10.0 Å². The highest BCUT2D eigenvalue weighted by Crippen LogP contribution is 2.24. The van der Waals surface area contributed by atoms with Crippen LogP contribution in [0.1, 0.15) is 11.1 Å². The molecule has 0 radical (unpaired) electrons. The number of hydrogen-bond acceptors (Lipinski definition) is 3. The van der Waals surface area contributed by atoms with Crippen LogP contribution in [0.3, 0.4) is 0 Å². The number of sulfonamides is 1. The summed E-state index contributed by atoms with van der Waals surface area (Å²) in [4.78, 5) is 0.225. The number of aryl methyl sites for hydroxylation is 1. The standard InChI is InChI=1S/C15H16BrNO3S/c1-11-7-8-15(13(16)9-11)21(18,19)17-10-12-5-3-4-6-14(12)20-2/h3-9,17H,10H2,1-2H3. The molecule has 0 aliphatic heterocycles. The molecule has 0 aliphatic carbocycles. The van der Waals surface area contributed by atoms with E-state index < -0.39 is 10.0 Å². The lowest BCUT2D eigenvalue weighted by Gasteiger charge is -2.11. The Morgan fingerprint density at radius 2 is 1.90 bits per heavy atom. The van der Waals surface area contributed by atoms with E-state index in [1.54, 1.807) is 31.4 Å². The van der Waals surface area contributed by atoms with Crippen molar-refractivity contribution in [2.75, 3.05) is 7.11 Å². The number of hydrogen-bond donors (Lipinski definition) is 1. The highest BCUT2D eigenvalue weighted by molar-refractivity contribution is 9.10. The zero-order valence-electron chi connectivity index (χ0n) is 11.8. The van der Waals surface area contributed by atoms with Crippen molar-refractivity contribution in [1.29, 1.82) is 0 Å². The van der Waals surface area contributed by atoms with Crippen LogP contribution >= 0.6 is 15.9 Å². The van der Waals surface area contributed by atoms with E-state index in [-0.39, 0.29) is 11.4 Å². The Balaban J connectivity index is 2.22. The van der Waals surface area contributed by atoms with Crippen molar-refractivity contribution >= 4 is 26.0 Å². The normalized spacial score (nSPS) is 11.4. The molecule has 2 rings (SSSR count). The molecule has 0 heterocycles. The summed E-state index contributed by atoms with van der Waals surface area (Å²) in [7, 11) is -2.02. The summed E-state index contributed by atoms with van der Waals surface area (Å²) in [6, 6.07) is 12.4. The molecule has 1 N–H and O–H groups in total. The molecule has 2 aromatic carbocycles. The van der Waals surface area contributed by atoms with Crippen LogP contribution in [0.4, 0.5) is 0 Å². The average Bonchev–Trinajstić information content (AvgIpc) is 2.45. The Bertz CT molecular complexity index is 744. The van der Waals surface area contributed by atoms with Gasteiger partial charge in [-0.25, -0.2) is 13.1 Å². The third-order valence-electron chi connectivity index (χ3n) is 3.02. The maximum Gasteiger partial charge on any atom is 0.241 e. The summed E-state index contributed by atoms with van der Waals surface area (Å²) in [6.45, 7) is 2.08. The highest BCUT2D eigenvalue weighted by Gasteiger charge is 2.17. The van der Waals surface area contributed by atoms with Crippen molar-refractivity contribution in [1.82, 2.24) is 4.72 Å². The van der Waals surface area contributed by atoms with Gasteiger partial charge in [-0.05, 0) is 46.6 Å². The predicted octanol–water partition coefficient (Wildman–Crippen LogP) is 3.24. The van der Waals surface area contributed by atoms with Gasteiger partial charge in [0.05, 0.1) is 12.0 Å². The van der Waals surface area contributed by atoms with Crippen molar-refractivity contribution < 1.29 is 13.2 Å². The van der Waals surface area contributed by atoms with Gasteiger partial charge in [-0.2, -0.15) is 0 Å². The molecular weight excluding hydrogens is 354 g/mol. The maximum atomic E-state index is 12.4. The molecule has 0 atom stereocenters.